The summed E-state index contributed by atoms with van der Waals surface area (Å²) < 4.78 is -0.837. The van der Waals surface area contributed by atoms with E-state index in [9.17, 15) is 4.79 Å². The van der Waals surface area contributed by atoms with E-state index >= 15 is 0 Å². The van der Waals surface area contributed by atoms with Crippen LogP contribution in [0.25, 0.3) is 0 Å². The van der Waals surface area contributed by atoms with Gasteiger partial charge in [0.2, 0.25) is 5.91 Å². The van der Waals surface area contributed by atoms with Gasteiger partial charge in [-0.05, 0) is 32.1 Å². The molecule has 0 aromatic heterocycles. The largest absolute Gasteiger partial charge is 0.355 e. The van der Waals surface area contributed by atoms with Crippen LogP contribution in [0.15, 0.2) is 0 Å². The number of nitrogens with one attached hydrogen (secondary N) is 1. The number of alkyl halides is 2. The van der Waals surface area contributed by atoms with Crippen LogP contribution in [0.3, 0.4) is 0 Å². The van der Waals surface area contributed by atoms with Crippen LogP contribution >= 0.6 is 23.2 Å². The summed E-state index contributed by atoms with van der Waals surface area (Å²) in [6, 6.07) is 0. The van der Waals surface area contributed by atoms with Crippen molar-refractivity contribution in [1.29, 1.82) is 0 Å². The maximum absolute atomic E-state index is 11.7. The number of hydrogen-bond donors (Lipinski definition) is 1. The Morgan fingerprint density at radius 1 is 1.50 bits per heavy atom. The zero-order valence-corrected chi connectivity index (χ0v) is 9.79. The molecule has 1 amide bonds. The van der Waals surface area contributed by atoms with Gasteiger partial charge >= 0.3 is 0 Å². The second-order valence-corrected chi connectivity index (χ2v) is 6.20. The van der Waals surface area contributed by atoms with Crippen LogP contribution in [0.1, 0.15) is 32.6 Å². The molecule has 14 heavy (non-hydrogen) atoms. The molecule has 0 radical (unpaired) electrons. The van der Waals surface area contributed by atoms with E-state index in [2.05, 4.69) is 5.32 Å². The van der Waals surface area contributed by atoms with Crippen molar-refractivity contribution in [2.45, 2.75) is 36.9 Å². The molecule has 80 valence electrons. The average molecular weight is 236 g/mol. The van der Waals surface area contributed by atoms with Gasteiger partial charge in [-0.3, -0.25) is 4.79 Å². The number of halogens is 2. The molecule has 0 saturated heterocycles. The SMILES string of the molecule is C[C@]1(C(=O)NCC2CCC2)CC1(Cl)Cl. The summed E-state index contributed by atoms with van der Waals surface area (Å²) in [5, 5.41) is 2.93. The van der Waals surface area contributed by atoms with E-state index < -0.39 is 9.75 Å². The fourth-order valence-electron chi connectivity index (χ4n) is 1.78. The summed E-state index contributed by atoms with van der Waals surface area (Å²) in [4.78, 5) is 11.7. The minimum atomic E-state index is -0.837. The molecule has 2 fully saturated rings. The molecule has 0 heterocycles. The van der Waals surface area contributed by atoms with Gasteiger partial charge in [0.25, 0.3) is 0 Å². The summed E-state index contributed by atoms with van der Waals surface area (Å²) in [5.41, 5.74) is -0.556. The molecule has 0 bridgehead atoms. The van der Waals surface area contributed by atoms with Crippen molar-refractivity contribution in [3.63, 3.8) is 0 Å². The molecular formula is C10H15Cl2NO. The fraction of sp³-hybridized carbons (Fsp3) is 0.900. The minimum absolute atomic E-state index is 0.00870. The first-order valence-electron chi connectivity index (χ1n) is 5.12. The third-order valence-electron chi connectivity index (χ3n) is 3.54. The molecule has 0 aromatic carbocycles. The van der Waals surface area contributed by atoms with Gasteiger partial charge < -0.3 is 5.32 Å². The average Bonchev–Trinajstić information content (AvgIpc) is 2.49. The molecule has 4 heteroatoms. The Labute approximate surface area is 94.3 Å². The molecule has 2 rings (SSSR count). The minimum Gasteiger partial charge on any atom is -0.355 e. The first-order chi connectivity index (χ1) is 6.46. The van der Waals surface area contributed by atoms with Crippen LogP contribution < -0.4 is 5.32 Å². The van der Waals surface area contributed by atoms with Crippen molar-refractivity contribution in [2.24, 2.45) is 11.3 Å². The monoisotopic (exact) mass is 235 g/mol. The van der Waals surface area contributed by atoms with E-state index in [4.69, 9.17) is 23.2 Å². The van der Waals surface area contributed by atoms with E-state index in [-0.39, 0.29) is 5.91 Å². The Morgan fingerprint density at radius 3 is 2.43 bits per heavy atom. The molecule has 0 unspecified atom stereocenters. The predicted molar refractivity (Wildman–Crippen MR) is 57.5 cm³/mol. The highest BCUT2D eigenvalue weighted by molar-refractivity contribution is 6.53. The molecule has 2 aliphatic carbocycles. The zero-order valence-electron chi connectivity index (χ0n) is 8.28. The highest BCUT2D eigenvalue weighted by atomic mass is 35.5. The molecule has 0 aliphatic heterocycles. The lowest BCUT2D eigenvalue weighted by atomic mass is 9.85. The van der Waals surface area contributed by atoms with Gasteiger partial charge in [0.15, 0.2) is 0 Å². The summed E-state index contributed by atoms with van der Waals surface area (Å²) in [5.74, 6) is 0.691. The highest BCUT2D eigenvalue weighted by Crippen LogP contribution is 2.63. The number of rotatable bonds is 3. The van der Waals surface area contributed by atoms with Crippen molar-refractivity contribution < 1.29 is 4.79 Å². The maximum atomic E-state index is 11.7. The summed E-state index contributed by atoms with van der Waals surface area (Å²) in [6.45, 7) is 2.61. The van der Waals surface area contributed by atoms with E-state index in [1.165, 1.54) is 19.3 Å². The van der Waals surface area contributed by atoms with Crippen molar-refractivity contribution in [3.05, 3.63) is 0 Å². The lowest BCUT2D eigenvalue weighted by Gasteiger charge is -2.26. The number of carbonyl (C=O) groups is 1. The van der Waals surface area contributed by atoms with Crippen molar-refractivity contribution in [1.82, 2.24) is 5.32 Å². The van der Waals surface area contributed by atoms with Crippen molar-refractivity contribution >= 4 is 29.1 Å². The van der Waals surface area contributed by atoms with Crippen molar-refractivity contribution in [3.8, 4) is 0 Å². The number of carbonyl (C=O) groups excluding carboxylic acids is 1. The van der Waals surface area contributed by atoms with Gasteiger partial charge in [-0.15, -0.1) is 23.2 Å². The van der Waals surface area contributed by atoms with Gasteiger partial charge in [0.05, 0.1) is 5.41 Å². The normalized spacial score (nSPS) is 34.8. The van der Waals surface area contributed by atoms with Crippen LogP contribution in [-0.4, -0.2) is 16.8 Å². The van der Waals surface area contributed by atoms with Gasteiger partial charge in [0, 0.05) is 6.54 Å². The van der Waals surface area contributed by atoms with Crippen LogP contribution in [0.2, 0.25) is 0 Å². The van der Waals surface area contributed by atoms with Crippen LogP contribution in [0.4, 0.5) is 0 Å². The van der Waals surface area contributed by atoms with Crippen molar-refractivity contribution in [2.75, 3.05) is 6.54 Å². The fourth-order valence-corrected chi connectivity index (χ4v) is 2.48. The Hall–Kier alpha value is 0.0500. The number of amides is 1. The molecule has 0 aromatic rings. The molecule has 1 atom stereocenters. The second-order valence-electron chi connectivity index (χ2n) is 4.72. The molecule has 0 spiro atoms. The number of hydrogen-bond acceptors (Lipinski definition) is 1. The van der Waals surface area contributed by atoms with E-state index in [1.54, 1.807) is 0 Å². The third-order valence-corrected chi connectivity index (χ3v) is 4.64. The topological polar surface area (TPSA) is 29.1 Å². The van der Waals surface area contributed by atoms with Gasteiger partial charge in [0.1, 0.15) is 4.33 Å². The Bertz CT molecular complexity index is 263. The van der Waals surface area contributed by atoms with Crippen LogP contribution in [0.5, 0.6) is 0 Å². The van der Waals surface area contributed by atoms with Crippen LogP contribution in [0, 0.1) is 11.3 Å². The van der Waals surface area contributed by atoms with E-state index in [0.717, 1.165) is 6.54 Å². The molecule has 2 aliphatic rings. The smallest absolute Gasteiger partial charge is 0.229 e. The van der Waals surface area contributed by atoms with Gasteiger partial charge in [-0.2, -0.15) is 0 Å². The summed E-state index contributed by atoms with van der Waals surface area (Å²) >= 11 is 11.8. The Kier molecular flexibility index (Phi) is 2.47. The lowest BCUT2D eigenvalue weighted by Crippen LogP contribution is -2.38. The highest BCUT2D eigenvalue weighted by Gasteiger charge is 2.67. The molecular weight excluding hydrogens is 221 g/mol. The van der Waals surface area contributed by atoms with E-state index in [1.807, 2.05) is 6.92 Å². The first-order valence-corrected chi connectivity index (χ1v) is 5.87. The maximum Gasteiger partial charge on any atom is 0.229 e. The molecule has 2 saturated carbocycles. The van der Waals surface area contributed by atoms with Crippen LogP contribution in [-0.2, 0) is 4.79 Å². The third kappa shape index (κ3) is 1.63. The predicted octanol–water partition coefficient (Wildman–Crippen LogP) is 2.49. The zero-order chi connectivity index (χ0) is 10.4. The lowest BCUT2D eigenvalue weighted by molar-refractivity contribution is -0.126. The van der Waals surface area contributed by atoms with E-state index in [0.29, 0.717) is 12.3 Å². The first kappa shape index (κ1) is 10.6. The Balaban J connectivity index is 1.79. The molecule has 2 nitrogen and oxygen atoms in total. The second kappa shape index (κ2) is 3.28. The summed E-state index contributed by atoms with van der Waals surface area (Å²) in [6.07, 6.45) is 4.35. The Morgan fingerprint density at radius 2 is 2.07 bits per heavy atom. The standard InChI is InChI=1S/C10H15Cl2NO/c1-9(6-10(9,11)12)8(14)13-5-7-3-2-4-7/h7H,2-6H2,1H3,(H,13,14)/t9-/m1/s1. The quantitative estimate of drug-likeness (QED) is 0.749. The molecule has 1 N–H and O–H groups in total. The summed E-state index contributed by atoms with van der Waals surface area (Å²) in [7, 11) is 0. The van der Waals surface area contributed by atoms with Gasteiger partial charge in [-0.1, -0.05) is 6.42 Å². The van der Waals surface area contributed by atoms with Gasteiger partial charge in [-0.25, -0.2) is 0 Å².